The normalized spacial score (nSPS) is 16.6. The Bertz CT molecular complexity index is 465. The van der Waals surface area contributed by atoms with Gasteiger partial charge in [0.25, 0.3) is 0 Å². The third-order valence-corrected chi connectivity index (χ3v) is 5.12. The number of ether oxygens (including phenoxy) is 1. The molecule has 0 amide bonds. The molecule has 1 atom stereocenters. The first-order valence-corrected chi connectivity index (χ1v) is 8.17. The van der Waals surface area contributed by atoms with Crippen molar-refractivity contribution in [3.05, 3.63) is 21.4 Å². The van der Waals surface area contributed by atoms with Gasteiger partial charge in [0.1, 0.15) is 0 Å². The van der Waals surface area contributed by atoms with E-state index < -0.39 is 0 Å². The molecule has 0 aliphatic heterocycles. The number of methoxy groups -OCH3 is 1. The van der Waals surface area contributed by atoms with Gasteiger partial charge >= 0.3 is 0 Å². The second-order valence-electron chi connectivity index (χ2n) is 5.79. The number of nitrogens with zero attached hydrogens (tertiary/aromatic N) is 1. The van der Waals surface area contributed by atoms with E-state index in [9.17, 15) is 4.79 Å². The van der Waals surface area contributed by atoms with Crippen molar-refractivity contribution in [1.29, 1.82) is 0 Å². The van der Waals surface area contributed by atoms with E-state index >= 15 is 0 Å². The van der Waals surface area contributed by atoms with Crippen molar-refractivity contribution in [3.63, 3.8) is 0 Å². The van der Waals surface area contributed by atoms with Crippen LogP contribution in [0.3, 0.4) is 0 Å². The summed E-state index contributed by atoms with van der Waals surface area (Å²) in [4.78, 5) is 17.2. The minimum absolute atomic E-state index is 0.246. The average molecular weight is 295 g/mol. The lowest BCUT2D eigenvalue weighted by Crippen LogP contribution is -2.40. The van der Waals surface area contributed by atoms with Crippen LogP contribution in [-0.2, 0) is 4.74 Å². The Morgan fingerprint density at radius 2 is 2.20 bits per heavy atom. The maximum Gasteiger partial charge on any atom is 0.177 e. The Balaban J connectivity index is 2.02. The zero-order chi connectivity index (χ0) is 14.7. The van der Waals surface area contributed by atoms with Crippen molar-refractivity contribution in [1.82, 2.24) is 4.90 Å². The number of carbonyl (C=O) groups is 1. The Hall–Kier alpha value is -0.710. The number of hydrogen-bond acceptors (Lipinski definition) is 4. The molecule has 0 N–H and O–H groups in total. The van der Waals surface area contributed by atoms with Gasteiger partial charge in [0.15, 0.2) is 5.78 Å². The highest BCUT2D eigenvalue weighted by molar-refractivity contribution is 7.12. The van der Waals surface area contributed by atoms with E-state index in [1.165, 1.54) is 17.7 Å². The summed E-state index contributed by atoms with van der Waals surface area (Å²) < 4.78 is 5.19. The predicted molar refractivity (Wildman–Crippen MR) is 83.8 cm³/mol. The van der Waals surface area contributed by atoms with Crippen LogP contribution in [-0.4, -0.2) is 43.5 Å². The van der Waals surface area contributed by atoms with Crippen molar-refractivity contribution in [3.8, 4) is 0 Å². The summed E-state index contributed by atoms with van der Waals surface area (Å²) in [5, 5.41) is 0. The van der Waals surface area contributed by atoms with Crippen molar-refractivity contribution in [2.24, 2.45) is 5.92 Å². The molecule has 0 spiro atoms. The molecule has 1 aromatic heterocycles. The number of ketones is 1. The Labute approximate surface area is 125 Å². The SMILES string of the molecule is COCCN(CC(=O)c1cc(C)sc1C)C(C)C1CC1. The van der Waals surface area contributed by atoms with Gasteiger partial charge in [-0.3, -0.25) is 9.69 Å². The van der Waals surface area contributed by atoms with Crippen LogP contribution in [0.5, 0.6) is 0 Å². The molecule has 1 unspecified atom stereocenters. The first-order valence-electron chi connectivity index (χ1n) is 7.36. The fourth-order valence-corrected chi connectivity index (χ4v) is 3.63. The maximum absolute atomic E-state index is 12.5. The topological polar surface area (TPSA) is 29.5 Å². The molecular formula is C16H25NO2S. The number of carbonyl (C=O) groups excluding carboxylic acids is 1. The van der Waals surface area contributed by atoms with Crippen molar-refractivity contribution in [2.75, 3.05) is 26.8 Å². The Morgan fingerprint density at radius 3 is 2.70 bits per heavy atom. The zero-order valence-electron chi connectivity index (χ0n) is 12.9. The van der Waals surface area contributed by atoms with E-state index in [4.69, 9.17) is 4.74 Å². The van der Waals surface area contributed by atoms with Crippen molar-refractivity contribution in [2.45, 2.75) is 39.7 Å². The number of rotatable bonds is 8. The van der Waals surface area contributed by atoms with E-state index in [-0.39, 0.29) is 5.78 Å². The molecule has 112 valence electrons. The third kappa shape index (κ3) is 3.90. The smallest absolute Gasteiger partial charge is 0.177 e. The molecule has 0 aromatic carbocycles. The van der Waals surface area contributed by atoms with E-state index in [2.05, 4.69) is 18.7 Å². The summed E-state index contributed by atoms with van der Waals surface area (Å²) in [7, 11) is 1.72. The molecule has 1 aliphatic rings. The molecule has 0 saturated heterocycles. The predicted octanol–water partition coefficient (Wildman–Crippen LogP) is 3.29. The molecule has 1 fully saturated rings. The monoisotopic (exact) mass is 295 g/mol. The highest BCUT2D eigenvalue weighted by atomic mass is 32.1. The van der Waals surface area contributed by atoms with E-state index in [0.717, 1.165) is 22.9 Å². The van der Waals surface area contributed by atoms with Crippen molar-refractivity contribution < 1.29 is 9.53 Å². The second kappa shape index (κ2) is 6.83. The number of aryl methyl sites for hydroxylation is 2. The van der Waals surface area contributed by atoms with Crippen LogP contribution < -0.4 is 0 Å². The third-order valence-electron chi connectivity index (χ3n) is 4.15. The van der Waals surface area contributed by atoms with Crippen LogP contribution in [0.15, 0.2) is 6.07 Å². The zero-order valence-corrected chi connectivity index (χ0v) is 13.8. The van der Waals surface area contributed by atoms with Gasteiger partial charge in [0, 0.05) is 35.0 Å². The van der Waals surface area contributed by atoms with Crippen molar-refractivity contribution >= 4 is 17.1 Å². The molecule has 20 heavy (non-hydrogen) atoms. The fraction of sp³-hybridized carbons (Fsp3) is 0.688. The molecule has 1 heterocycles. The minimum atomic E-state index is 0.246. The van der Waals surface area contributed by atoms with Gasteiger partial charge in [0.05, 0.1) is 13.2 Å². The Kier molecular flexibility index (Phi) is 5.35. The number of Topliss-reactive ketones (excluding diaryl/α,β-unsaturated/α-hetero) is 1. The molecule has 1 aromatic rings. The second-order valence-corrected chi connectivity index (χ2v) is 7.25. The summed E-state index contributed by atoms with van der Waals surface area (Å²) >= 11 is 1.71. The van der Waals surface area contributed by atoms with Gasteiger partial charge in [-0.2, -0.15) is 0 Å². The van der Waals surface area contributed by atoms with Gasteiger partial charge in [-0.1, -0.05) is 0 Å². The van der Waals surface area contributed by atoms with Crippen LogP contribution in [0.1, 0.15) is 39.9 Å². The maximum atomic E-state index is 12.5. The van der Waals surface area contributed by atoms with Crippen LogP contribution in [0.2, 0.25) is 0 Å². The van der Waals surface area contributed by atoms with Crippen LogP contribution in [0.25, 0.3) is 0 Å². The molecule has 3 nitrogen and oxygen atoms in total. The van der Waals surface area contributed by atoms with E-state index in [0.29, 0.717) is 19.2 Å². The van der Waals surface area contributed by atoms with Gasteiger partial charge in [-0.05, 0) is 45.6 Å². The summed E-state index contributed by atoms with van der Waals surface area (Å²) in [6.45, 7) is 8.37. The number of thiophene rings is 1. The summed E-state index contributed by atoms with van der Waals surface area (Å²) in [5.74, 6) is 1.01. The van der Waals surface area contributed by atoms with E-state index in [1.807, 2.05) is 13.0 Å². The van der Waals surface area contributed by atoms with Gasteiger partial charge in [-0.25, -0.2) is 0 Å². The summed E-state index contributed by atoms with van der Waals surface area (Å²) in [6.07, 6.45) is 2.60. The molecule has 0 radical (unpaired) electrons. The molecule has 1 aliphatic carbocycles. The molecular weight excluding hydrogens is 270 g/mol. The van der Waals surface area contributed by atoms with Crippen LogP contribution in [0.4, 0.5) is 0 Å². The first kappa shape index (κ1) is 15.7. The quantitative estimate of drug-likeness (QED) is 0.689. The Morgan fingerprint density at radius 1 is 1.50 bits per heavy atom. The highest BCUT2D eigenvalue weighted by Gasteiger charge is 2.32. The largest absolute Gasteiger partial charge is 0.383 e. The number of hydrogen-bond donors (Lipinski definition) is 0. The van der Waals surface area contributed by atoms with E-state index in [1.54, 1.807) is 18.4 Å². The first-order chi connectivity index (χ1) is 9.52. The fourth-order valence-electron chi connectivity index (χ4n) is 2.69. The molecule has 4 heteroatoms. The molecule has 1 saturated carbocycles. The lowest BCUT2D eigenvalue weighted by molar-refractivity contribution is 0.0816. The molecule has 2 rings (SSSR count). The lowest BCUT2D eigenvalue weighted by Gasteiger charge is -2.28. The molecule has 0 bridgehead atoms. The lowest BCUT2D eigenvalue weighted by atomic mass is 10.1. The van der Waals surface area contributed by atoms with Gasteiger partial charge in [-0.15, -0.1) is 11.3 Å². The van der Waals surface area contributed by atoms with Gasteiger partial charge < -0.3 is 4.74 Å². The summed E-state index contributed by atoms with van der Waals surface area (Å²) in [6, 6.07) is 2.51. The van der Waals surface area contributed by atoms with Gasteiger partial charge in [0.2, 0.25) is 0 Å². The standard InChI is InChI=1S/C16H25NO2S/c1-11-9-15(13(3)20-11)16(18)10-17(7-8-19-4)12(2)14-5-6-14/h9,12,14H,5-8,10H2,1-4H3. The van der Waals surface area contributed by atoms with Crippen LogP contribution in [0, 0.1) is 19.8 Å². The average Bonchev–Trinajstić information content (AvgIpc) is 3.19. The minimum Gasteiger partial charge on any atom is -0.383 e. The van der Waals surface area contributed by atoms with Crippen LogP contribution >= 0.6 is 11.3 Å². The summed E-state index contributed by atoms with van der Waals surface area (Å²) in [5.41, 5.74) is 0.901. The highest BCUT2D eigenvalue weighted by Crippen LogP contribution is 2.35.